The number of alkyl carbamates (subject to hydrolysis) is 1. The van der Waals surface area contributed by atoms with E-state index in [1.54, 1.807) is 6.92 Å². The number of hydrogen-bond acceptors (Lipinski definition) is 4. The van der Waals surface area contributed by atoms with Crippen molar-refractivity contribution in [2.24, 2.45) is 0 Å². The molecule has 0 aliphatic carbocycles. The molecule has 0 spiro atoms. The van der Waals surface area contributed by atoms with Crippen LogP contribution in [0.15, 0.2) is 11.4 Å². The molecule has 1 aliphatic rings. The molecule has 2 amide bonds. The summed E-state index contributed by atoms with van der Waals surface area (Å²) >= 11 is 1.47. The van der Waals surface area contributed by atoms with Crippen molar-refractivity contribution in [3.8, 4) is 0 Å². The van der Waals surface area contributed by atoms with Gasteiger partial charge in [-0.05, 0) is 43.7 Å². The maximum atomic E-state index is 12.4. The van der Waals surface area contributed by atoms with Crippen LogP contribution in [0.5, 0.6) is 0 Å². The zero-order valence-electron chi connectivity index (χ0n) is 11.8. The van der Waals surface area contributed by atoms with Gasteiger partial charge in [0.2, 0.25) is 0 Å². The van der Waals surface area contributed by atoms with Crippen LogP contribution in [0.1, 0.15) is 35.0 Å². The Hall–Kier alpha value is -1.56. The van der Waals surface area contributed by atoms with Crippen LogP contribution < -0.4 is 5.32 Å². The second kappa shape index (κ2) is 6.74. The van der Waals surface area contributed by atoms with E-state index in [0.29, 0.717) is 13.2 Å². The molecule has 1 aliphatic heterocycles. The molecule has 1 N–H and O–H groups in total. The number of aryl methyl sites for hydroxylation is 1. The molecule has 0 aromatic carbocycles. The molecule has 5 nitrogen and oxygen atoms in total. The number of nitrogens with zero attached hydrogens (tertiary/aromatic N) is 1. The highest BCUT2D eigenvalue weighted by atomic mass is 32.1. The molecule has 1 fully saturated rings. The fraction of sp³-hybridized carbons (Fsp3) is 0.571. The minimum atomic E-state index is -0.404. The van der Waals surface area contributed by atoms with E-state index in [4.69, 9.17) is 4.74 Å². The Balaban J connectivity index is 1.95. The molecular weight excluding hydrogens is 276 g/mol. The first kappa shape index (κ1) is 14.8. The van der Waals surface area contributed by atoms with Crippen molar-refractivity contribution in [3.63, 3.8) is 0 Å². The van der Waals surface area contributed by atoms with E-state index in [1.165, 1.54) is 11.3 Å². The van der Waals surface area contributed by atoms with Crippen molar-refractivity contribution in [3.05, 3.63) is 21.9 Å². The van der Waals surface area contributed by atoms with Crippen LogP contribution in [-0.4, -0.2) is 42.6 Å². The molecule has 0 radical (unpaired) electrons. The molecule has 1 aromatic rings. The Morgan fingerprint density at radius 3 is 3.00 bits per heavy atom. The highest BCUT2D eigenvalue weighted by Crippen LogP contribution is 2.20. The van der Waals surface area contributed by atoms with E-state index in [9.17, 15) is 9.59 Å². The van der Waals surface area contributed by atoms with E-state index >= 15 is 0 Å². The maximum absolute atomic E-state index is 12.4. The van der Waals surface area contributed by atoms with Gasteiger partial charge in [-0.25, -0.2) is 4.79 Å². The summed E-state index contributed by atoms with van der Waals surface area (Å²) in [5, 5.41) is 4.74. The number of hydrogen-bond donors (Lipinski definition) is 1. The van der Waals surface area contributed by atoms with Crippen LogP contribution in [0.4, 0.5) is 4.79 Å². The fourth-order valence-corrected chi connectivity index (χ4v) is 3.25. The quantitative estimate of drug-likeness (QED) is 0.932. The number of likely N-dealkylation sites (tertiary alicyclic amines) is 1. The number of thiophene rings is 1. The topological polar surface area (TPSA) is 58.6 Å². The van der Waals surface area contributed by atoms with Crippen molar-refractivity contribution in [1.29, 1.82) is 0 Å². The van der Waals surface area contributed by atoms with Crippen LogP contribution in [0.25, 0.3) is 0 Å². The molecule has 2 heterocycles. The largest absolute Gasteiger partial charge is 0.450 e. The summed E-state index contributed by atoms with van der Waals surface area (Å²) in [5.74, 6) is 0.0628. The second-order valence-corrected chi connectivity index (χ2v) is 5.80. The molecule has 110 valence electrons. The van der Waals surface area contributed by atoms with Crippen LogP contribution in [0.2, 0.25) is 0 Å². The van der Waals surface area contributed by atoms with E-state index < -0.39 is 6.09 Å². The minimum Gasteiger partial charge on any atom is -0.450 e. The SMILES string of the molecule is CCOC(=O)N[C@H]1CCCN(C(=O)c2sccc2C)C1. The van der Waals surface area contributed by atoms with Crippen molar-refractivity contribution in [2.75, 3.05) is 19.7 Å². The molecule has 1 saturated heterocycles. The molecule has 6 heteroatoms. The Morgan fingerprint density at radius 2 is 2.35 bits per heavy atom. The van der Waals surface area contributed by atoms with Gasteiger partial charge in [0.1, 0.15) is 0 Å². The number of piperidine rings is 1. The van der Waals surface area contributed by atoms with Crippen LogP contribution in [0.3, 0.4) is 0 Å². The average molecular weight is 296 g/mol. The summed E-state index contributed by atoms with van der Waals surface area (Å²) in [5.41, 5.74) is 1.01. The van der Waals surface area contributed by atoms with Gasteiger partial charge in [0, 0.05) is 19.1 Å². The first-order chi connectivity index (χ1) is 9.61. The molecule has 1 atom stereocenters. The van der Waals surface area contributed by atoms with Gasteiger partial charge in [0.25, 0.3) is 5.91 Å². The van der Waals surface area contributed by atoms with Crippen molar-refractivity contribution < 1.29 is 14.3 Å². The molecule has 0 unspecified atom stereocenters. The Labute approximate surface area is 122 Å². The Kier molecular flexibility index (Phi) is 5.00. The van der Waals surface area contributed by atoms with Gasteiger partial charge in [0.05, 0.1) is 11.5 Å². The number of carbonyl (C=O) groups excluding carboxylic acids is 2. The second-order valence-electron chi connectivity index (χ2n) is 4.89. The lowest BCUT2D eigenvalue weighted by Crippen LogP contribution is -2.49. The van der Waals surface area contributed by atoms with Gasteiger partial charge < -0.3 is 15.0 Å². The van der Waals surface area contributed by atoms with Gasteiger partial charge in [-0.15, -0.1) is 11.3 Å². The van der Waals surface area contributed by atoms with Crippen molar-refractivity contribution in [1.82, 2.24) is 10.2 Å². The van der Waals surface area contributed by atoms with Gasteiger partial charge in [-0.2, -0.15) is 0 Å². The number of nitrogens with one attached hydrogen (secondary N) is 1. The number of rotatable bonds is 3. The lowest BCUT2D eigenvalue weighted by Gasteiger charge is -2.32. The van der Waals surface area contributed by atoms with Crippen molar-refractivity contribution in [2.45, 2.75) is 32.7 Å². The first-order valence-corrected chi connectivity index (χ1v) is 7.76. The lowest BCUT2D eigenvalue weighted by molar-refractivity contribution is 0.0690. The monoisotopic (exact) mass is 296 g/mol. The molecule has 1 aromatic heterocycles. The predicted octanol–water partition coefficient (Wildman–Crippen LogP) is 2.41. The summed E-state index contributed by atoms with van der Waals surface area (Å²) in [6, 6.07) is 1.93. The molecule has 20 heavy (non-hydrogen) atoms. The van der Waals surface area contributed by atoms with E-state index in [0.717, 1.165) is 29.8 Å². The number of amides is 2. The van der Waals surface area contributed by atoms with Gasteiger partial charge in [0.15, 0.2) is 0 Å². The van der Waals surface area contributed by atoms with Gasteiger partial charge >= 0.3 is 6.09 Å². The highest BCUT2D eigenvalue weighted by molar-refractivity contribution is 7.12. The first-order valence-electron chi connectivity index (χ1n) is 6.88. The third-order valence-corrected chi connectivity index (χ3v) is 4.37. The summed E-state index contributed by atoms with van der Waals surface area (Å²) in [4.78, 5) is 26.5. The van der Waals surface area contributed by atoms with Crippen LogP contribution in [-0.2, 0) is 4.74 Å². The average Bonchev–Trinajstić information content (AvgIpc) is 2.84. The van der Waals surface area contributed by atoms with Gasteiger partial charge in [-0.3, -0.25) is 4.79 Å². The third kappa shape index (κ3) is 3.50. The highest BCUT2D eigenvalue weighted by Gasteiger charge is 2.26. The standard InChI is InChI=1S/C14H20N2O3S/c1-3-19-14(18)15-11-5-4-7-16(9-11)13(17)12-10(2)6-8-20-12/h6,8,11H,3-5,7,9H2,1-2H3,(H,15,18)/t11-/m0/s1. The fourth-order valence-electron chi connectivity index (χ4n) is 2.35. The van der Waals surface area contributed by atoms with Crippen LogP contribution >= 0.6 is 11.3 Å². The van der Waals surface area contributed by atoms with Gasteiger partial charge in [-0.1, -0.05) is 0 Å². The normalized spacial score (nSPS) is 18.7. The zero-order valence-corrected chi connectivity index (χ0v) is 12.7. The number of carbonyl (C=O) groups is 2. The minimum absolute atomic E-state index is 0.0213. The third-order valence-electron chi connectivity index (χ3n) is 3.36. The summed E-state index contributed by atoms with van der Waals surface area (Å²) in [6.45, 7) is 5.37. The van der Waals surface area contributed by atoms with E-state index in [-0.39, 0.29) is 11.9 Å². The molecule has 0 saturated carbocycles. The van der Waals surface area contributed by atoms with E-state index in [1.807, 2.05) is 23.3 Å². The maximum Gasteiger partial charge on any atom is 0.407 e. The number of ether oxygens (including phenoxy) is 1. The molecular formula is C14H20N2O3S. The molecule has 2 rings (SSSR count). The predicted molar refractivity (Wildman–Crippen MR) is 78.1 cm³/mol. The summed E-state index contributed by atoms with van der Waals surface area (Å²) < 4.78 is 4.88. The van der Waals surface area contributed by atoms with Crippen molar-refractivity contribution >= 4 is 23.3 Å². The molecule has 0 bridgehead atoms. The lowest BCUT2D eigenvalue weighted by atomic mass is 10.1. The summed E-state index contributed by atoms with van der Waals surface area (Å²) in [6.07, 6.45) is 1.37. The van der Waals surface area contributed by atoms with E-state index in [2.05, 4.69) is 5.32 Å². The smallest absolute Gasteiger partial charge is 0.407 e. The Bertz CT molecular complexity index is 487. The zero-order chi connectivity index (χ0) is 14.5. The van der Waals surface area contributed by atoms with Crippen LogP contribution in [0, 0.1) is 6.92 Å². The summed E-state index contributed by atoms with van der Waals surface area (Å²) in [7, 11) is 0. The Morgan fingerprint density at radius 1 is 1.55 bits per heavy atom.